The molecule has 1 aromatic carbocycles. The Balaban J connectivity index is 1.95. The van der Waals surface area contributed by atoms with Gasteiger partial charge >= 0.3 is 0 Å². The van der Waals surface area contributed by atoms with Gasteiger partial charge in [0.2, 0.25) is 0 Å². The number of alkyl halides is 1. The number of hydrogen-bond donors (Lipinski definition) is 0. The Morgan fingerprint density at radius 3 is 2.82 bits per heavy atom. The number of hydrogen-bond acceptors (Lipinski definition) is 0. The van der Waals surface area contributed by atoms with Gasteiger partial charge in [-0.3, -0.25) is 0 Å². The highest BCUT2D eigenvalue weighted by Crippen LogP contribution is 2.42. The quantitative estimate of drug-likeness (QED) is 0.642. The van der Waals surface area contributed by atoms with Crippen molar-refractivity contribution < 1.29 is 0 Å². The molecule has 1 heteroatoms. The zero-order valence-electron chi connectivity index (χ0n) is 11.0. The number of aryl methyl sites for hydroxylation is 1. The second-order valence-electron chi connectivity index (χ2n) is 5.72. The van der Waals surface area contributed by atoms with Crippen molar-refractivity contribution in [3.8, 4) is 0 Å². The zero-order valence-corrected chi connectivity index (χ0v) is 12.5. The van der Waals surface area contributed by atoms with Crippen LogP contribution in [0.2, 0.25) is 0 Å². The Bertz CT molecular complexity index is 356. The summed E-state index contributed by atoms with van der Waals surface area (Å²) in [7, 11) is 0. The molecule has 0 aromatic heterocycles. The lowest BCUT2D eigenvalue weighted by atomic mass is 9.81. The first-order chi connectivity index (χ1) is 8.18. The molecule has 0 bridgehead atoms. The standard InChI is InChI=1S/C16H23Br/c1-12(2)6-5-8-14-11-10-13-7-3-4-9-15(13)16(14)17/h3-4,7,9,12,14,16H,5-6,8,10-11H2,1-2H3. The van der Waals surface area contributed by atoms with Crippen LogP contribution in [-0.2, 0) is 6.42 Å². The molecule has 0 nitrogen and oxygen atoms in total. The number of fused-ring (bicyclic) bond motifs is 1. The summed E-state index contributed by atoms with van der Waals surface area (Å²) in [6, 6.07) is 8.92. The second kappa shape index (κ2) is 6.04. The first-order valence-corrected chi connectivity index (χ1v) is 7.82. The van der Waals surface area contributed by atoms with Crippen LogP contribution in [0.3, 0.4) is 0 Å². The molecule has 0 radical (unpaired) electrons. The van der Waals surface area contributed by atoms with Crippen LogP contribution in [0.25, 0.3) is 0 Å². The van der Waals surface area contributed by atoms with Crippen molar-refractivity contribution in [2.45, 2.75) is 50.8 Å². The summed E-state index contributed by atoms with van der Waals surface area (Å²) in [5.74, 6) is 1.68. The molecule has 2 unspecified atom stereocenters. The van der Waals surface area contributed by atoms with Crippen LogP contribution in [-0.4, -0.2) is 0 Å². The van der Waals surface area contributed by atoms with Gasteiger partial charge in [0.05, 0.1) is 0 Å². The van der Waals surface area contributed by atoms with E-state index in [4.69, 9.17) is 0 Å². The number of benzene rings is 1. The summed E-state index contributed by atoms with van der Waals surface area (Å²) in [5, 5.41) is 0. The van der Waals surface area contributed by atoms with E-state index in [1.807, 2.05) is 0 Å². The number of halogens is 1. The lowest BCUT2D eigenvalue weighted by Crippen LogP contribution is -2.16. The molecule has 17 heavy (non-hydrogen) atoms. The fourth-order valence-corrected chi connectivity index (χ4v) is 3.83. The first-order valence-electron chi connectivity index (χ1n) is 6.90. The van der Waals surface area contributed by atoms with Gasteiger partial charge in [0.25, 0.3) is 0 Å². The van der Waals surface area contributed by atoms with Gasteiger partial charge in [-0.1, -0.05) is 66.9 Å². The van der Waals surface area contributed by atoms with Crippen molar-refractivity contribution in [2.24, 2.45) is 11.8 Å². The Morgan fingerprint density at radius 2 is 2.06 bits per heavy atom. The van der Waals surface area contributed by atoms with E-state index in [0.717, 1.165) is 11.8 Å². The normalized spacial score (nSPS) is 23.8. The summed E-state index contributed by atoms with van der Waals surface area (Å²) < 4.78 is 0. The van der Waals surface area contributed by atoms with Gasteiger partial charge in [0.1, 0.15) is 0 Å². The third kappa shape index (κ3) is 3.34. The van der Waals surface area contributed by atoms with Gasteiger partial charge < -0.3 is 0 Å². The smallest absolute Gasteiger partial charge is 0.0426 e. The molecule has 0 spiro atoms. The molecule has 2 rings (SSSR count). The fraction of sp³-hybridized carbons (Fsp3) is 0.625. The van der Waals surface area contributed by atoms with E-state index in [9.17, 15) is 0 Å². The van der Waals surface area contributed by atoms with Gasteiger partial charge in [-0.25, -0.2) is 0 Å². The molecule has 1 aromatic rings. The van der Waals surface area contributed by atoms with E-state index in [0.29, 0.717) is 4.83 Å². The second-order valence-corrected chi connectivity index (χ2v) is 6.71. The molecular formula is C16H23Br. The predicted molar refractivity (Wildman–Crippen MR) is 78.6 cm³/mol. The molecule has 2 atom stereocenters. The molecular weight excluding hydrogens is 272 g/mol. The molecule has 1 aliphatic carbocycles. The van der Waals surface area contributed by atoms with Gasteiger partial charge in [0, 0.05) is 4.83 Å². The molecule has 0 aliphatic heterocycles. The first kappa shape index (κ1) is 13.1. The highest BCUT2D eigenvalue weighted by molar-refractivity contribution is 9.09. The lowest BCUT2D eigenvalue weighted by Gasteiger charge is -2.30. The maximum Gasteiger partial charge on any atom is 0.0426 e. The Hall–Kier alpha value is -0.300. The SMILES string of the molecule is CC(C)CCCC1CCc2ccccc2C1Br. The Labute approximate surface area is 114 Å². The molecule has 0 heterocycles. The van der Waals surface area contributed by atoms with Gasteiger partial charge in [-0.05, 0) is 42.2 Å². The van der Waals surface area contributed by atoms with Crippen molar-refractivity contribution in [1.82, 2.24) is 0 Å². The van der Waals surface area contributed by atoms with E-state index in [1.54, 1.807) is 5.56 Å². The predicted octanol–water partition coefficient (Wildman–Crippen LogP) is 5.51. The Morgan fingerprint density at radius 1 is 1.29 bits per heavy atom. The van der Waals surface area contributed by atoms with Gasteiger partial charge in [0.15, 0.2) is 0 Å². The number of rotatable bonds is 4. The highest BCUT2D eigenvalue weighted by atomic mass is 79.9. The Kier molecular flexibility index (Phi) is 4.67. The average molecular weight is 295 g/mol. The van der Waals surface area contributed by atoms with E-state index in [2.05, 4.69) is 54.0 Å². The van der Waals surface area contributed by atoms with Crippen molar-refractivity contribution in [3.63, 3.8) is 0 Å². The van der Waals surface area contributed by atoms with Gasteiger partial charge in [-0.15, -0.1) is 0 Å². The van der Waals surface area contributed by atoms with E-state index in [-0.39, 0.29) is 0 Å². The van der Waals surface area contributed by atoms with Crippen LogP contribution in [0.15, 0.2) is 24.3 Å². The van der Waals surface area contributed by atoms with Crippen molar-refractivity contribution >= 4 is 15.9 Å². The van der Waals surface area contributed by atoms with Crippen LogP contribution >= 0.6 is 15.9 Å². The van der Waals surface area contributed by atoms with Crippen LogP contribution in [0.5, 0.6) is 0 Å². The molecule has 94 valence electrons. The van der Waals surface area contributed by atoms with Crippen molar-refractivity contribution in [2.75, 3.05) is 0 Å². The molecule has 0 amide bonds. The molecule has 0 saturated carbocycles. The van der Waals surface area contributed by atoms with Crippen LogP contribution in [0.1, 0.15) is 55.5 Å². The lowest BCUT2D eigenvalue weighted by molar-refractivity contribution is 0.390. The minimum atomic E-state index is 0.583. The molecule has 0 saturated heterocycles. The van der Waals surface area contributed by atoms with Crippen LogP contribution in [0, 0.1) is 11.8 Å². The monoisotopic (exact) mass is 294 g/mol. The maximum atomic E-state index is 3.92. The maximum absolute atomic E-state index is 3.92. The third-order valence-electron chi connectivity index (χ3n) is 3.91. The summed E-state index contributed by atoms with van der Waals surface area (Å²) in [4.78, 5) is 0.583. The minimum absolute atomic E-state index is 0.583. The van der Waals surface area contributed by atoms with E-state index in [1.165, 1.54) is 37.7 Å². The topological polar surface area (TPSA) is 0 Å². The highest BCUT2D eigenvalue weighted by Gasteiger charge is 2.26. The fourth-order valence-electron chi connectivity index (χ4n) is 2.85. The van der Waals surface area contributed by atoms with E-state index >= 15 is 0 Å². The summed E-state index contributed by atoms with van der Waals surface area (Å²) in [6.07, 6.45) is 6.75. The van der Waals surface area contributed by atoms with Crippen LogP contribution < -0.4 is 0 Å². The summed E-state index contributed by atoms with van der Waals surface area (Å²) in [5.41, 5.74) is 3.09. The largest absolute Gasteiger partial charge is 0.0836 e. The van der Waals surface area contributed by atoms with Gasteiger partial charge in [-0.2, -0.15) is 0 Å². The van der Waals surface area contributed by atoms with E-state index < -0.39 is 0 Å². The zero-order chi connectivity index (χ0) is 12.3. The summed E-state index contributed by atoms with van der Waals surface area (Å²) >= 11 is 3.92. The van der Waals surface area contributed by atoms with Crippen molar-refractivity contribution in [3.05, 3.63) is 35.4 Å². The molecule has 0 fully saturated rings. The summed E-state index contributed by atoms with van der Waals surface area (Å²) in [6.45, 7) is 4.64. The minimum Gasteiger partial charge on any atom is -0.0836 e. The van der Waals surface area contributed by atoms with Crippen molar-refractivity contribution in [1.29, 1.82) is 0 Å². The molecule has 1 aliphatic rings. The average Bonchev–Trinajstić information content (AvgIpc) is 2.32. The third-order valence-corrected chi connectivity index (χ3v) is 5.15. The van der Waals surface area contributed by atoms with Crippen LogP contribution in [0.4, 0.5) is 0 Å². The molecule has 0 N–H and O–H groups in total.